The van der Waals surface area contributed by atoms with Crippen molar-refractivity contribution in [3.8, 4) is 34.3 Å². The van der Waals surface area contributed by atoms with Gasteiger partial charge in [0.05, 0.1) is 5.69 Å². The van der Waals surface area contributed by atoms with Gasteiger partial charge in [0.15, 0.2) is 17.4 Å². The Hall–Kier alpha value is -5.19. The molecule has 11 heteroatoms. The van der Waals surface area contributed by atoms with E-state index in [1.54, 1.807) is 41.5 Å². The Kier molecular flexibility index (Phi) is 5.55. The first kappa shape index (κ1) is 20.7. The second kappa shape index (κ2) is 9.12. The van der Waals surface area contributed by atoms with Crippen LogP contribution in [0, 0.1) is 10.1 Å². The monoisotopic (exact) mass is 452 g/mol. The Morgan fingerprint density at radius 3 is 2.47 bits per heavy atom. The highest BCUT2D eigenvalue weighted by Gasteiger charge is 2.16. The number of benzene rings is 1. The summed E-state index contributed by atoms with van der Waals surface area (Å²) in [7, 11) is 0. The standard InChI is InChI=1S/C23H16N8O3/c32-31(33)34-20-7-4-14-26-22(20)27-17-8-10-18(11-9-17)30-23(16-5-3-12-24-15-16)28-21(29-30)19-6-1-2-13-25-19/h1-15H,(H,26,27). The summed E-state index contributed by atoms with van der Waals surface area (Å²) in [4.78, 5) is 32.7. The van der Waals surface area contributed by atoms with Crippen LogP contribution in [-0.4, -0.2) is 34.8 Å². The van der Waals surface area contributed by atoms with Crippen LogP contribution in [0.3, 0.4) is 0 Å². The second-order valence-electron chi connectivity index (χ2n) is 6.96. The topological polar surface area (TPSA) is 134 Å². The zero-order valence-corrected chi connectivity index (χ0v) is 17.5. The molecule has 4 aromatic heterocycles. The molecule has 1 N–H and O–H groups in total. The highest BCUT2D eigenvalue weighted by atomic mass is 17.0. The maximum Gasteiger partial charge on any atom is 0.299 e. The van der Waals surface area contributed by atoms with Crippen LogP contribution >= 0.6 is 0 Å². The van der Waals surface area contributed by atoms with Crippen LogP contribution in [0.15, 0.2) is 91.5 Å². The molecule has 0 saturated carbocycles. The van der Waals surface area contributed by atoms with Gasteiger partial charge in [-0.2, -0.15) is 0 Å². The Labute approximate surface area is 192 Å². The predicted molar refractivity (Wildman–Crippen MR) is 123 cm³/mol. The van der Waals surface area contributed by atoms with Crippen molar-refractivity contribution in [2.45, 2.75) is 0 Å². The number of hydrogen-bond acceptors (Lipinski definition) is 9. The van der Waals surface area contributed by atoms with Gasteiger partial charge in [0.2, 0.25) is 5.82 Å². The second-order valence-corrected chi connectivity index (χ2v) is 6.96. The third-order valence-electron chi connectivity index (χ3n) is 4.74. The lowest BCUT2D eigenvalue weighted by Gasteiger charge is -2.10. The minimum Gasteiger partial charge on any atom is -0.338 e. The maximum atomic E-state index is 10.7. The Morgan fingerprint density at radius 1 is 0.912 bits per heavy atom. The lowest BCUT2D eigenvalue weighted by atomic mass is 10.2. The molecule has 34 heavy (non-hydrogen) atoms. The third-order valence-corrected chi connectivity index (χ3v) is 4.74. The quantitative estimate of drug-likeness (QED) is 0.286. The fourth-order valence-electron chi connectivity index (χ4n) is 3.24. The van der Waals surface area contributed by atoms with Gasteiger partial charge in [-0.1, -0.05) is 6.07 Å². The largest absolute Gasteiger partial charge is 0.338 e. The SMILES string of the molecule is O=[N+]([O-])Oc1cccnc1Nc1ccc(-n2nc(-c3ccccn3)nc2-c2cccnc2)cc1. The number of nitrogens with zero attached hydrogens (tertiary/aromatic N) is 7. The zero-order valence-electron chi connectivity index (χ0n) is 17.5. The van der Waals surface area contributed by atoms with E-state index in [-0.39, 0.29) is 11.6 Å². The van der Waals surface area contributed by atoms with Crippen molar-refractivity contribution >= 4 is 11.5 Å². The van der Waals surface area contributed by atoms with E-state index in [1.807, 2.05) is 42.5 Å². The minimum atomic E-state index is -0.880. The van der Waals surface area contributed by atoms with Crippen molar-refractivity contribution < 1.29 is 9.92 Å². The van der Waals surface area contributed by atoms with Crippen LogP contribution < -0.4 is 10.2 Å². The predicted octanol–water partition coefficient (Wildman–Crippen LogP) is 4.10. The van der Waals surface area contributed by atoms with Crippen molar-refractivity contribution in [2.75, 3.05) is 5.32 Å². The minimum absolute atomic E-state index is 0.00622. The Morgan fingerprint density at radius 2 is 1.74 bits per heavy atom. The van der Waals surface area contributed by atoms with Crippen molar-refractivity contribution in [3.63, 3.8) is 0 Å². The number of hydrogen-bond donors (Lipinski definition) is 1. The van der Waals surface area contributed by atoms with E-state index in [0.29, 0.717) is 23.0 Å². The molecule has 5 rings (SSSR count). The summed E-state index contributed by atoms with van der Waals surface area (Å²) >= 11 is 0. The molecule has 4 heterocycles. The van der Waals surface area contributed by atoms with Gasteiger partial charge in [0.1, 0.15) is 5.69 Å². The van der Waals surface area contributed by atoms with Gasteiger partial charge in [-0.3, -0.25) is 14.8 Å². The van der Waals surface area contributed by atoms with Crippen LogP contribution in [0.4, 0.5) is 11.5 Å². The molecule has 0 radical (unpaired) electrons. The first-order valence-corrected chi connectivity index (χ1v) is 10.1. The normalized spacial score (nSPS) is 10.6. The molecule has 5 aromatic rings. The molecule has 166 valence electrons. The van der Waals surface area contributed by atoms with E-state index in [1.165, 1.54) is 12.3 Å². The third kappa shape index (κ3) is 4.39. The summed E-state index contributed by atoms with van der Waals surface area (Å²) in [6.07, 6.45) is 6.61. The summed E-state index contributed by atoms with van der Waals surface area (Å²) in [5.41, 5.74) is 2.86. The average molecular weight is 452 g/mol. The molecule has 0 unspecified atom stereocenters. The van der Waals surface area contributed by atoms with E-state index in [9.17, 15) is 10.1 Å². The Balaban J connectivity index is 1.49. The first-order valence-electron chi connectivity index (χ1n) is 10.1. The van der Waals surface area contributed by atoms with Gasteiger partial charge in [0.25, 0.3) is 5.09 Å². The molecule has 11 nitrogen and oxygen atoms in total. The molecule has 0 amide bonds. The van der Waals surface area contributed by atoms with Crippen LogP contribution in [0.5, 0.6) is 5.75 Å². The fourth-order valence-corrected chi connectivity index (χ4v) is 3.24. The summed E-state index contributed by atoms with van der Waals surface area (Å²) < 4.78 is 1.72. The molecular weight excluding hydrogens is 436 g/mol. The molecule has 0 spiro atoms. The fraction of sp³-hybridized carbons (Fsp3) is 0. The summed E-state index contributed by atoms with van der Waals surface area (Å²) in [6, 6.07) is 19.6. The molecule has 0 bridgehead atoms. The molecule has 0 saturated heterocycles. The van der Waals surface area contributed by atoms with Crippen molar-refractivity contribution in [1.82, 2.24) is 29.7 Å². The number of aromatic nitrogens is 6. The van der Waals surface area contributed by atoms with Gasteiger partial charge in [-0.25, -0.2) is 14.6 Å². The van der Waals surface area contributed by atoms with Gasteiger partial charge in [0, 0.05) is 36.0 Å². The van der Waals surface area contributed by atoms with E-state index in [0.717, 1.165) is 11.3 Å². The number of pyridine rings is 3. The molecule has 0 fully saturated rings. The van der Waals surface area contributed by atoms with Gasteiger partial charge in [-0.05, 0) is 60.7 Å². The summed E-state index contributed by atoms with van der Waals surface area (Å²) in [5, 5.41) is 17.6. The van der Waals surface area contributed by atoms with Crippen LogP contribution in [0.1, 0.15) is 0 Å². The molecule has 0 aliphatic heterocycles. The highest BCUT2D eigenvalue weighted by molar-refractivity contribution is 5.65. The maximum absolute atomic E-state index is 10.7. The smallest absolute Gasteiger partial charge is 0.299 e. The van der Waals surface area contributed by atoms with Crippen molar-refractivity contribution in [3.05, 3.63) is 102 Å². The van der Waals surface area contributed by atoms with Crippen molar-refractivity contribution in [1.29, 1.82) is 0 Å². The van der Waals surface area contributed by atoms with Crippen LogP contribution in [0.2, 0.25) is 0 Å². The van der Waals surface area contributed by atoms with Crippen LogP contribution in [0.25, 0.3) is 28.6 Å². The summed E-state index contributed by atoms with van der Waals surface area (Å²) in [6.45, 7) is 0. The van der Waals surface area contributed by atoms with Crippen molar-refractivity contribution in [2.24, 2.45) is 0 Å². The van der Waals surface area contributed by atoms with Gasteiger partial charge >= 0.3 is 0 Å². The molecule has 1 aromatic carbocycles. The average Bonchev–Trinajstić information content (AvgIpc) is 3.32. The van der Waals surface area contributed by atoms with E-state index >= 15 is 0 Å². The van der Waals surface area contributed by atoms with Crippen LogP contribution in [-0.2, 0) is 0 Å². The van der Waals surface area contributed by atoms with E-state index in [2.05, 4.69) is 30.2 Å². The van der Waals surface area contributed by atoms with E-state index < -0.39 is 5.09 Å². The lowest BCUT2D eigenvalue weighted by molar-refractivity contribution is -0.710. The first-order chi connectivity index (χ1) is 16.7. The number of anilines is 2. The molecular formula is C23H16N8O3. The molecule has 0 aliphatic carbocycles. The molecule has 0 aliphatic rings. The van der Waals surface area contributed by atoms with Gasteiger partial charge in [-0.15, -0.1) is 15.2 Å². The number of rotatable bonds is 7. The highest BCUT2D eigenvalue weighted by Crippen LogP contribution is 2.27. The zero-order chi connectivity index (χ0) is 23.3. The van der Waals surface area contributed by atoms with E-state index in [4.69, 9.17) is 4.98 Å². The molecule has 0 atom stereocenters. The number of nitrogens with one attached hydrogen (secondary N) is 1. The van der Waals surface area contributed by atoms with Gasteiger partial charge < -0.3 is 5.32 Å². The Bertz CT molecular complexity index is 1420. The lowest BCUT2D eigenvalue weighted by Crippen LogP contribution is -2.06. The summed E-state index contributed by atoms with van der Waals surface area (Å²) in [5.74, 6) is 1.32.